The first-order valence-electron chi connectivity index (χ1n) is 6.96. The van der Waals surface area contributed by atoms with Gasteiger partial charge in [0.15, 0.2) is 0 Å². The topological polar surface area (TPSA) is 41.1 Å². The molecule has 1 aliphatic heterocycles. The minimum absolute atomic E-state index is 0.119. The molecule has 1 atom stereocenters. The summed E-state index contributed by atoms with van der Waals surface area (Å²) in [4.78, 5) is 11.7. The van der Waals surface area contributed by atoms with E-state index in [9.17, 15) is 9.18 Å². The van der Waals surface area contributed by atoms with Gasteiger partial charge in [-0.25, -0.2) is 4.39 Å². The van der Waals surface area contributed by atoms with Gasteiger partial charge in [-0.1, -0.05) is 12.1 Å². The summed E-state index contributed by atoms with van der Waals surface area (Å²) in [6.07, 6.45) is 3.50. The molecule has 1 aromatic carbocycles. The predicted molar refractivity (Wildman–Crippen MR) is 73.3 cm³/mol. The quantitative estimate of drug-likeness (QED) is 0.823. The van der Waals surface area contributed by atoms with Gasteiger partial charge in [0, 0.05) is 13.0 Å². The Kier molecular flexibility index (Phi) is 5.33. The van der Waals surface area contributed by atoms with Crippen molar-refractivity contribution >= 4 is 5.91 Å². The van der Waals surface area contributed by atoms with E-state index >= 15 is 0 Å². The third-order valence-electron chi connectivity index (χ3n) is 3.59. The molecule has 1 amide bonds. The van der Waals surface area contributed by atoms with Crippen molar-refractivity contribution in [2.24, 2.45) is 5.92 Å². The number of nitrogens with one attached hydrogen (secondary N) is 2. The average Bonchev–Trinajstić information content (AvgIpc) is 2.92. The molecule has 2 rings (SSSR count). The van der Waals surface area contributed by atoms with Gasteiger partial charge in [-0.15, -0.1) is 0 Å². The molecule has 0 radical (unpaired) electrons. The highest BCUT2D eigenvalue weighted by molar-refractivity contribution is 5.75. The van der Waals surface area contributed by atoms with E-state index in [-0.39, 0.29) is 11.7 Å². The summed E-state index contributed by atoms with van der Waals surface area (Å²) in [7, 11) is 0. The van der Waals surface area contributed by atoms with E-state index in [0.29, 0.717) is 18.9 Å². The van der Waals surface area contributed by atoms with E-state index in [1.807, 2.05) is 0 Å². The van der Waals surface area contributed by atoms with Crippen molar-refractivity contribution in [3.05, 3.63) is 35.6 Å². The number of carbonyl (C=O) groups excluding carboxylic acids is 1. The van der Waals surface area contributed by atoms with E-state index in [2.05, 4.69) is 10.6 Å². The average molecular weight is 264 g/mol. The minimum atomic E-state index is -0.224. The van der Waals surface area contributed by atoms with Crippen LogP contribution in [0.15, 0.2) is 24.3 Å². The van der Waals surface area contributed by atoms with Crippen LogP contribution in [0.5, 0.6) is 0 Å². The molecule has 0 spiro atoms. The van der Waals surface area contributed by atoms with Gasteiger partial charge >= 0.3 is 0 Å². The fourth-order valence-corrected chi connectivity index (χ4v) is 2.38. The van der Waals surface area contributed by atoms with Crippen LogP contribution in [0.25, 0.3) is 0 Å². The first-order chi connectivity index (χ1) is 9.24. The van der Waals surface area contributed by atoms with Gasteiger partial charge in [0.05, 0.1) is 0 Å². The maximum Gasteiger partial charge on any atom is 0.220 e. The molecule has 1 saturated heterocycles. The van der Waals surface area contributed by atoms with E-state index in [4.69, 9.17) is 0 Å². The zero-order valence-electron chi connectivity index (χ0n) is 11.1. The molecule has 1 heterocycles. The molecular weight excluding hydrogens is 243 g/mol. The van der Waals surface area contributed by atoms with Crippen LogP contribution in [0.4, 0.5) is 4.39 Å². The highest BCUT2D eigenvalue weighted by Gasteiger charge is 2.15. The maximum atomic E-state index is 12.7. The Morgan fingerprint density at radius 2 is 2.16 bits per heavy atom. The van der Waals surface area contributed by atoms with Crippen LogP contribution < -0.4 is 10.6 Å². The van der Waals surface area contributed by atoms with Gasteiger partial charge in [-0.2, -0.15) is 0 Å². The predicted octanol–water partition coefficient (Wildman–Crippen LogP) is 1.87. The largest absolute Gasteiger partial charge is 0.356 e. The Balaban J connectivity index is 1.59. The molecule has 19 heavy (non-hydrogen) atoms. The fraction of sp³-hybridized carbons (Fsp3) is 0.533. The van der Waals surface area contributed by atoms with Crippen molar-refractivity contribution in [1.82, 2.24) is 10.6 Å². The second-order valence-corrected chi connectivity index (χ2v) is 5.12. The molecule has 1 fully saturated rings. The zero-order valence-corrected chi connectivity index (χ0v) is 11.1. The third-order valence-corrected chi connectivity index (χ3v) is 3.59. The van der Waals surface area contributed by atoms with Gasteiger partial charge in [0.1, 0.15) is 5.82 Å². The highest BCUT2D eigenvalue weighted by atomic mass is 19.1. The monoisotopic (exact) mass is 264 g/mol. The molecular formula is C15H21FN2O. The lowest BCUT2D eigenvalue weighted by atomic mass is 10.0. The molecule has 1 aromatic rings. The van der Waals surface area contributed by atoms with E-state index in [0.717, 1.165) is 31.5 Å². The molecule has 4 heteroatoms. The summed E-state index contributed by atoms with van der Waals surface area (Å²) >= 11 is 0. The van der Waals surface area contributed by atoms with Gasteiger partial charge in [0.25, 0.3) is 0 Å². The molecule has 2 N–H and O–H groups in total. The van der Waals surface area contributed by atoms with Crippen LogP contribution in [0.3, 0.4) is 0 Å². The standard InChI is InChI=1S/C15H21FN2O/c16-14-4-1-12(2-5-14)8-10-18-15(19)6-3-13-7-9-17-11-13/h1-2,4-5,13,17H,3,6-11H2,(H,18,19). The lowest BCUT2D eigenvalue weighted by Crippen LogP contribution is -2.26. The third kappa shape index (κ3) is 4.99. The first kappa shape index (κ1) is 14.0. The van der Waals surface area contributed by atoms with Gasteiger partial charge < -0.3 is 10.6 Å². The van der Waals surface area contributed by atoms with Crippen molar-refractivity contribution in [3.8, 4) is 0 Å². The maximum absolute atomic E-state index is 12.7. The summed E-state index contributed by atoms with van der Waals surface area (Å²) in [5.41, 5.74) is 1.04. The summed E-state index contributed by atoms with van der Waals surface area (Å²) in [6.45, 7) is 2.74. The molecule has 1 unspecified atom stereocenters. The van der Waals surface area contributed by atoms with E-state index in [1.54, 1.807) is 12.1 Å². The number of amides is 1. The summed E-state index contributed by atoms with van der Waals surface area (Å²) in [6, 6.07) is 6.41. The SMILES string of the molecule is O=C(CCC1CCNC1)NCCc1ccc(F)cc1. The molecule has 0 saturated carbocycles. The van der Waals surface area contributed by atoms with Crippen molar-refractivity contribution in [1.29, 1.82) is 0 Å². The fourth-order valence-electron chi connectivity index (χ4n) is 2.38. The van der Waals surface area contributed by atoms with Gasteiger partial charge in [-0.05, 0) is 56.0 Å². The van der Waals surface area contributed by atoms with Crippen LogP contribution in [0, 0.1) is 11.7 Å². The zero-order chi connectivity index (χ0) is 13.5. The van der Waals surface area contributed by atoms with E-state index < -0.39 is 0 Å². The second kappa shape index (κ2) is 7.24. The Labute approximate surface area is 113 Å². The number of carbonyl (C=O) groups is 1. The number of rotatable bonds is 6. The Hall–Kier alpha value is -1.42. The Morgan fingerprint density at radius 3 is 2.84 bits per heavy atom. The van der Waals surface area contributed by atoms with Crippen molar-refractivity contribution in [2.45, 2.75) is 25.7 Å². The van der Waals surface area contributed by atoms with Crippen LogP contribution in [-0.2, 0) is 11.2 Å². The molecule has 0 aliphatic carbocycles. The van der Waals surface area contributed by atoms with Crippen molar-refractivity contribution in [2.75, 3.05) is 19.6 Å². The molecule has 1 aliphatic rings. The van der Waals surface area contributed by atoms with Crippen LogP contribution in [-0.4, -0.2) is 25.5 Å². The number of benzene rings is 1. The smallest absolute Gasteiger partial charge is 0.220 e. The Morgan fingerprint density at radius 1 is 1.37 bits per heavy atom. The van der Waals surface area contributed by atoms with Crippen LogP contribution >= 0.6 is 0 Å². The molecule has 3 nitrogen and oxygen atoms in total. The summed E-state index contributed by atoms with van der Waals surface area (Å²) in [5.74, 6) is 0.551. The normalized spacial score (nSPS) is 18.5. The van der Waals surface area contributed by atoms with E-state index in [1.165, 1.54) is 18.6 Å². The van der Waals surface area contributed by atoms with Crippen LogP contribution in [0.2, 0.25) is 0 Å². The number of halogens is 1. The van der Waals surface area contributed by atoms with Gasteiger partial charge in [-0.3, -0.25) is 4.79 Å². The number of hydrogen-bond donors (Lipinski definition) is 2. The first-order valence-corrected chi connectivity index (χ1v) is 6.96. The molecule has 0 aromatic heterocycles. The second-order valence-electron chi connectivity index (χ2n) is 5.12. The van der Waals surface area contributed by atoms with Crippen LogP contribution in [0.1, 0.15) is 24.8 Å². The minimum Gasteiger partial charge on any atom is -0.356 e. The van der Waals surface area contributed by atoms with Crippen molar-refractivity contribution in [3.63, 3.8) is 0 Å². The Bertz CT molecular complexity index is 399. The summed E-state index contributed by atoms with van der Waals surface area (Å²) in [5, 5.41) is 6.22. The van der Waals surface area contributed by atoms with Gasteiger partial charge in [0.2, 0.25) is 5.91 Å². The highest BCUT2D eigenvalue weighted by Crippen LogP contribution is 2.13. The lowest BCUT2D eigenvalue weighted by molar-refractivity contribution is -0.121. The number of hydrogen-bond acceptors (Lipinski definition) is 2. The lowest BCUT2D eigenvalue weighted by Gasteiger charge is -2.08. The molecule has 104 valence electrons. The molecule has 0 bridgehead atoms. The summed E-state index contributed by atoms with van der Waals surface area (Å²) < 4.78 is 12.7. The van der Waals surface area contributed by atoms with Crippen molar-refractivity contribution < 1.29 is 9.18 Å².